The average molecular weight is 253 g/mol. The molecule has 2 N–H and O–H groups in total. The molecule has 4 nitrogen and oxygen atoms in total. The zero-order valence-electron chi connectivity index (χ0n) is 9.60. The Morgan fingerprint density at radius 3 is 2.71 bits per heavy atom. The van der Waals surface area contributed by atoms with Crippen LogP contribution in [0.25, 0.3) is 0 Å². The molecule has 0 spiro atoms. The molecule has 2 atom stereocenters. The van der Waals surface area contributed by atoms with Crippen molar-refractivity contribution in [3.63, 3.8) is 0 Å². The third kappa shape index (κ3) is 2.85. The molecule has 0 unspecified atom stereocenters. The smallest absolute Gasteiger partial charge is 0.306 e. The number of amides is 1. The van der Waals surface area contributed by atoms with Crippen molar-refractivity contribution < 1.29 is 14.7 Å². The molecule has 1 aliphatic carbocycles. The molecule has 0 saturated heterocycles. The highest BCUT2D eigenvalue weighted by atomic mass is 32.1. The van der Waals surface area contributed by atoms with Crippen LogP contribution < -0.4 is 5.32 Å². The summed E-state index contributed by atoms with van der Waals surface area (Å²) in [5, 5.41) is 11.8. The van der Waals surface area contributed by atoms with E-state index >= 15 is 0 Å². The summed E-state index contributed by atoms with van der Waals surface area (Å²) in [4.78, 5) is 24.4. The highest BCUT2D eigenvalue weighted by Gasteiger charge is 2.30. The van der Waals surface area contributed by atoms with Gasteiger partial charge in [-0.1, -0.05) is 0 Å². The van der Waals surface area contributed by atoms with Gasteiger partial charge in [0.2, 0.25) is 0 Å². The first-order valence-corrected chi connectivity index (χ1v) is 6.48. The van der Waals surface area contributed by atoms with Crippen LogP contribution >= 0.6 is 11.3 Å². The van der Waals surface area contributed by atoms with E-state index in [2.05, 4.69) is 5.32 Å². The maximum Gasteiger partial charge on any atom is 0.306 e. The van der Waals surface area contributed by atoms with Crippen LogP contribution in [0.2, 0.25) is 0 Å². The van der Waals surface area contributed by atoms with Gasteiger partial charge in [-0.3, -0.25) is 9.59 Å². The molecule has 2 rings (SSSR count). The van der Waals surface area contributed by atoms with E-state index in [-0.39, 0.29) is 17.9 Å². The summed E-state index contributed by atoms with van der Waals surface area (Å²) in [6.07, 6.45) is 1.96. The van der Waals surface area contributed by atoms with Crippen molar-refractivity contribution in [2.75, 3.05) is 0 Å². The molecule has 0 aromatic carbocycles. The Morgan fingerprint density at radius 2 is 2.18 bits per heavy atom. The minimum atomic E-state index is -0.756. The molecule has 92 valence electrons. The van der Waals surface area contributed by atoms with Crippen molar-refractivity contribution >= 4 is 23.2 Å². The number of nitrogens with one attached hydrogen (secondary N) is 1. The summed E-state index contributed by atoms with van der Waals surface area (Å²) in [5.74, 6) is -1.14. The molecule has 5 heteroatoms. The summed E-state index contributed by atoms with van der Waals surface area (Å²) >= 11 is 1.46. The summed E-state index contributed by atoms with van der Waals surface area (Å²) < 4.78 is 0. The van der Waals surface area contributed by atoms with Crippen LogP contribution in [0.4, 0.5) is 0 Å². The Balaban J connectivity index is 1.90. The van der Waals surface area contributed by atoms with Crippen molar-refractivity contribution in [2.24, 2.45) is 5.92 Å². The minimum Gasteiger partial charge on any atom is -0.481 e. The number of hydrogen-bond donors (Lipinski definition) is 2. The monoisotopic (exact) mass is 253 g/mol. The second-order valence-electron chi connectivity index (χ2n) is 4.43. The van der Waals surface area contributed by atoms with Crippen LogP contribution in [0.15, 0.2) is 12.1 Å². The van der Waals surface area contributed by atoms with E-state index in [0.29, 0.717) is 17.7 Å². The van der Waals surface area contributed by atoms with Gasteiger partial charge in [0.05, 0.1) is 10.8 Å². The first-order valence-electron chi connectivity index (χ1n) is 5.66. The Bertz CT molecular complexity index is 441. The Hall–Kier alpha value is -1.36. The van der Waals surface area contributed by atoms with E-state index in [9.17, 15) is 9.59 Å². The molecule has 0 aliphatic heterocycles. The second kappa shape index (κ2) is 4.87. The number of carbonyl (C=O) groups is 2. The van der Waals surface area contributed by atoms with Crippen LogP contribution in [0.5, 0.6) is 0 Å². The van der Waals surface area contributed by atoms with E-state index in [1.165, 1.54) is 11.3 Å². The fourth-order valence-electron chi connectivity index (χ4n) is 2.15. The quantitative estimate of drug-likeness (QED) is 0.866. The van der Waals surface area contributed by atoms with Crippen LogP contribution in [0.1, 0.15) is 33.8 Å². The summed E-state index contributed by atoms with van der Waals surface area (Å²) in [6, 6.07) is 3.72. The standard InChI is InChI=1S/C12H15NO3S/c1-7-2-5-10(17-7)11(14)13-9-4-3-8(6-9)12(15)16/h2,5,8-9H,3-4,6H2,1H3,(H,13,14)(H,15,16)/t8-,9-/m0/s1. The van der Waals surface area contributed by atoms with Gasteiger partial charge in [-0.05, 0) is 38.3 Å². The molecule has 1 amide bonds. The lowest BCUT2D eigenvalue weighted by Gasteiger charge is -2.11. The van der Waals surface area contributed by atoms with Gasteiger partial charge < -0.3 is 10.4 Å². The molecular formula is C12H15NO3S. The van der Waals surface area contributed by atoms with Gasteiger partial charge in [0.25, 0.3) is 5.91 Å². The molecule has 0 bridgehead atoms. The van der Waals surface area contributed by atoms with Crippen molar-refractivity contribution in [3.8, 4) is 0 Å². The number of rotatable bonds is 3. The van der Waals surface area contributed by atoms with Gasteiger partial charge >= 0.3 is 5.97 Å². The number of hydrogen-bond acceptors (Lipinski definition) is 3. The highest BCUT2D eigenvalue weighted by Crippen LogP contribution is 2.26. The van der Waals surface area contributed by atoms with Gasteiger partial charge in [0.15, 0.2) is 0 Å². The van der Waals surface area contributed by atoms with Crippen LogP contribution in [-0.2, 0) is 4.79 Å². The van der Waals surface area contributed by atoms with Crippen molar-refractivity contribution in [2.45, 2.75) is 32.2 Å². The fourth-order valence-corrected chi connectivity index (χ4v) is 2.92. The SMILES string of the molecule is Cc1ccc(C(=O)N[C@H]2CC[C@H](C(=O)O)C2)s1. The Kier molecular flexibility index (Phi) is 3.47. The van der Waals surface area contributed by atoms with Gasteiger partial charge in [-0.25, -0.2) is 0 Å². The number of aryl methyl sites for hydroxylation is 1. The molecule has 0 radical (unpaired) electrons. The predicted molar refractivity (Wildman–Crippen MR) is 65.3 cm³/mol. The van der Waals surface area contributed by atoms with Crippen LogP contribution in [0.3, 0.4) is 0 Å². The molecule has 1 saturated carbocycles. The van der Waals surface area contributed by atoms with Crippen molar-refractivity contribution in [1.82, 2.24) is 5.32 Å². The molecule has 1 aliphatic rings. The number of carboxylic acids is 1. The largest absolute Gasteiger partial charge is 0.481 e. The minimum absolute atomic E-state index is 0.00556. The number of thiophene rings is 1. The lowest BCUT2D eigenvalue weighted by atomic mass is 10.1. The van der Waals surface area contributed by atoms with E-state index in [4.69, 9.17) is 5.11 Å². The normalized spacial score (nSPS) is 23.6. The van der Waals surface area contributed by atoms with E-state index in [0.717, 1.165) is 11.3 Å². The number of aliphatic carboxylic acids is 1. The third-order valence-electron chi connectivity index (χ3n) is 3.08. The van der Waals surface area contributed by atoms with Crippen molar-refractivity contribution in [1.29, 1.82) is 0 Å². The van der Waals surface area contributed by atoms with Crippen LogP contribution in [-0.4, -0.2) is 23.0 Å². The van der Waals surface area contributed by atoms with Gasteiger partial charge in [0, 0.05) is 10.9 Å². The zero-order chi connectivity index (χ0) is 12.4. The Labute approximate surface area is 104 Å². The Morgan fingerprint density at radius 1 is 1.41 bits per heavy atom. The second-order valence-corrected chi connectivity index (χ2v) is 5.72. The molecule has 1 heterocycles. The summed E-state index contributed by atoms with van der Waals surface area (Å²) in [6.45, 7) is 1.96. The lowest BCUT2D eigenvalue weighted by molar-refractivity contribution is -0.141. The highest BCUT2D eigenvalue weighted by molar-refractivity contribution is 7.13. The maximum absolute atomic E-state index is 11.8. The van der Waals surface area contributed by atoms with Gasteiger partial charge in [-0.2, -0.15) is 0 Å². The van der Waals surface area contributed by atoms with E-state index < -0.39 is 5.97 Å². The molecular weight excluding hydrogens is 238 g/mol. The van der Waals surface area contributed by atoms with E-state index in [1.54, 1.807) is 6.07 Å². The average Bonchev–Trinajstić information content (AvgIpc) is 2.86. The van der Waals surface area contributed by atoms with E-state index in [1.807, 2.05) is 13.0 Å². The zero-order valence-corrected chi connectivity index (χ0v) is 10.4. The maximum atomic E-state index is 11.8. The lowest BCUT2D eigenvalue weighted by Crippen LogP contribution is -2.32. The topological polar surface area (TPSA) is 66.4 Å². The fraction of sp³-hybridized carbons (Fsp3) is 0.500. The predicted octanol–water partition coefficient (Wildman–Crippen LogP) is 2.04. The third-order valence-corrected chi connectivity index (χ3v) is 4.08. The number of carboxylic acid groups (broad SMARTS) is 1. The van der Waals surface area contributed by atoms with Gasteiger partial charge in [-0.15, -0.1) is 11.3 Å². The van der Waals surface area contributed by atoms with Crippen molar-refractivity contribution in [3.05, 3.63) is 21.9 Å². The van der Waals surface area contributed by atoms with Gasteiger partial charge in [0.1, 0.15) is 0 Å². The first kappa shape index (κ1) is 12.1. The molecule has 17 heavy (non-hydrogen) atoms. The summed E-state index contributed by atoms with van der Waals surface area (Å²) in [7, 11) is 0. The molecule has 1 aromatic heterocycles. The molecule has 1 aromatic rings. The summed E-state index contributed by atoms with van der Waals surface area (Å²) in [5.41, 5.74) is 0. The number of carbonyl (C=O) groups excluding carboxylic acids is 1. The van der Waals surface area contributed by atoms with Crippen LogP contribution in [0, 0.1) is 12.8 Å². The molecule has 1 fully saturated rings. The first-order chi connectivity index (χ1) is 8.06.